The quantitative estimate of drug-likeness (QED) is 0.565. The Bertz CT molecular complexity index is 272. The van der Waals surface area contributed by atoms with Crippen LogP contribution in [-0.4, -0.2) is 10.3 Å². The largest absolute Gasteiger partial charge is 0.248 e. The average molecular weight is 224 g/mol. The van der Waals surface area contributed by atoms with Gasteiger partial charge in [-0.25, -0.2) is 10.8 Å². The maximum Gasteiger partial charge on any atom is 0.0554 e. The molecule has 1 aromatic carbocycles. The standard InChI is InChI=1S/C8H10.2CHNS/c1-2-8-6-4-3-5-7-8;2*2-1-3/h3-7H,2H2,1H3;2*2H. The zero-order valence-electron chi connectivity index (χ0n) is 7.91. The molecule has 0 spiro atoms. The second kappa shape index (κ2) is 14.3. The van der Waals surface area contributed by atoms with Crippen molar-refractivity contribution >= 4 is 34.8 Å². The first kappa shape index (κ1) is 15.3. The average Bonchev–Trinajstić information content (AvgIpc) is 2.21. The predicted octanol–water partition coefficient (Wildman–Crippen LogP) is 3.58. The van der Waals surface area contributed by atoms with E-state index in [1.54, 1.807) is 10.3 Å². The fourth-order valence-electron chi connectivity index (χ4n) is 0.714. The van der Waals surface area contributed by atoms with E-state index in [1.807, 2.05) is 6.07 Å². The van der Waals surface area contributed by atoms with Crippen molar-refractivity contribution in [1.29, 1.82) is 10.8 Å². The highest BCUT2D eigenvalue weighted by Crippen LogP contribution is 1.96. The van der Waals surface area contributed by atoms with Gasteiger partial charge in [-0.1, -0.05) is 37.3 Å². The summed E-state index contributed by atoms with van der Waals surface area (Å²) in [6, 6.07) is 10.5. The summed E-state index contributed by atoms with van der Waals surface area (Å²) in [6.07, 6.45) is 1.14. The van der Waals surface area contributed by atoms with Crippen LogP contribution in [0.15, 0.2) is 30.3 Å². The molecular weight excluding hydrogens is 212 g/mol. The van der Waals surface area contributed by atoms with Crippen molar-refractivity contribution in [3.8, 4) is 0 Å². The Labute approximate surface area is 95.0 Å². The molecule has 0 atom stereocenters. The molecule has 0 saturated carbocycles. The molecule has 0 aromatic heterocycles. The zero-order valence-corrected chi connectivity index (χ0v) is 9.54. The summed E-state index contributed by atoms with van der Waals surface area (Å²) in [7, 11) is 0. The number of benzene rings is 1. The Morgan fingerprint density at radius 2 is 1.43 bits per heavy atom. The number of thiocarbonyl (C=S) groups is 2. The van der Waals surface area contributed by atoms with Gasteiger partial charge in [0.1, 0.15) is 0 Å². The molecule has 1 aromatic rings. The van der Waals surface area contributed by atoms with Crippen molar-refractivity contribution in [2.45, 2.75) is 13.3 Å². The van der Waals surface area contributed by atoms with Crippen molar-refractivity contribution in [3.05, 3.63) is 35.9 Å². The maximum absolute atomic E-state index is 5.77. The molecular formula is C10H12N2S2. The van der Waals surface area contributed by atoms with Gasteiger partial charge in [-0.3, -0.25) is 0 Å². The van der Waals surface area contributed by atoms with Crippen LogP contribution in [0, 0.1) is 10.8 Å². The van der Waals surface area contributed by atoms with Gasteiger partial charge in [0.05, 0.1) is 10.3 Å². The van der Waals surface area contributed by atoms with E-state index in [0.717, 1.165) is 6.42 Å². The van der Waals surface area contributed by atoms with E-state index in [4.69, 9.17) is 10.8 Å². The minimum Gasteiger partial charge on any atom is -0.248 e. The summed E-state index contributed by atoms with van der Waals surface area (Å²) in [5.41, 5.74) is 1.41. The maximum atomic E-state index is 5.77. The first-order chi connectivity index (χ1) is 6.76. The second-order valence-electron chi connectivity index (χ2n) is 2.04. The topological polar surface area (TPSA) is 47.7 Å². The van der Waals surface area contributed by atoms with Gasteiger partial charge < -0.3 is 0 Å². The van der Waals surface area contributed by atoms with Crippen LogP contribution in [-0.2, 0) is 6.42 Å². The van der Waals surface area contributed by atoms with E-state index in [-0.39, 0.29) is 0 Å². The lowest BCUT2D eigenvalue weighted by atomic mass is 10.2. The molecule has 0 saturated heterocycles. The van der Waals surface area contributed by atoms with Crippen LogP contribution >= 0.6 is 24.4 Å². The van der Waals surface area contributed by atoms with Crippen LogP contribution in [0.3, 0.4) is 0 Å². The van der Waals surface area contributed by atoms with Crippen LogP contribution < -0.4 is 0 Å². The van der Waals surface area contributed by atoms with Crippen molar-refractivity contribution in [3.63, 3.8) is 0 Å². The van der Waals surface area contributed by atoms with E-state index >= 15 is 0 Å². The molecule has 0 aliphatic carbocycles. The fraction of sp³-hybridized carbons (Fsp3) is 0.200. The van der Waals surface area contributed by atoms with Gasteiger partial charge in [0.2, 0.25) is 0 Å². The highest BCUT2D eigenvalue weighted by molar-refractivity contribution is 7.78. The molecule has 0 aliphatic heterocycles. The Balaban J connectivity index is 0. The third kappa shape index (κ3) is 13.4. The molecule has 1 rings (SSSR count). The van der Waals surface area contributed by atoms with E-state index in [0.29, 0.717) is 0 Å². The van der Waals surface area contributed by atoms with Crippen LogP contribution in [0.1, 0.15) is 12.5 Å². The van der Waals surface area contributed by atoms with E-state index in [2.05, 4.69) is 55.6 Å². The molecule has 0 bridgehead atoms. The summed E-state index contributed by atoms with van der Waals surface area (Å²) in [5.74, 6) is 0. The van der Waals surface area contributed by atoms with Gasteiger partial charge in [-0.15, -0.1) is 0 Å². The summed E-state index contributed by atoms with van der Waals surface area (Å²) < 4.78 is 0. The monoisotopic (exact) mass is 224 g/mol. The minimum absolute atomic E-state index is 1.14. The first-order valence-electron chi connectivity index (χ1n) is 3.88. The van der Waals surface area contributed by atoms with E-state index in [1.165, 1.54) is 5.56 Å². The summed E-state index contributed by atoms with van der Waals surface area (Å²) in [5, 5.41) is 14.7. The van der Waals surface area contributed by atoms with Crippen molar-refractivity contribution in [2.75, 3.05) is 0 Å². The van der Waals surface area contributed by atoms with Gasteiger partial charge in [-0.05, 0) is 36.4 Å². The van der Waals surface area contributed by atoms with Gasteiger partial charge >= 0.3 is 0 Å². The molecule has 2 N–H and O–H groups in total. The highest BCUT2D eigenvalue weighted by Gasteiger charge is 1.79. The Hall–Kier alpha value is -1.18. The number of isothiocyanates is 2. The summed E-state index contributed by atoms with van der Waals surface area (Å²) in [6.45, 7) is 2.16. The smallest absolute Gasteiger partial charge is 0.0554 e. The number of nitrogens with one attached hydrogen (secondary N) is 2. The third-order valence-corrected chi connectivity index (χ3v) is 1.25. The van der Waals surface area contributed by atoms with Gasteiger partial charge in [0, 0.05) is 0 Å². The normalized spacial score (nSPS) is 6.36. The van der Waals surface area contributed by atoms with E-state index < -0.39 is 0 Å². The number of rotatable bonds is 1. The lowest BCUT2D eigenvalue weighted by Crippen LogP contribution is -1.73. The summed E-state index contributed by atoms with van der Waals surface area (Å²) in [4.78, 5) is 0. The SMILES string of the molecule is CCc1ccccc1.N=C=S.N=C=S. The zero-order chi connectivity index (χ0) is 11.2. The van der Waals surface area contributed by atoms with Crippen molar-refractivity contribution in [2.24, 2.45) is 0 Å². The van der Waals surface area contributed by atoms with Crippen LogP contribution in [0.2, 0.25) is 0 Å². The predicted molar refractivity (Wildman–Crippen MR) is 66.5 cm³/mol. The van der Waals surface area contributed by atoms with Gasteiger partial charge in [0.25, 0.3) is 0 Å². The molecule has 14 heavy (non-hydrogen) atoms. The van der Waals surface area contributed by atoms with E-state index in [9.17, 15) is 0 Å². The molecule has 0 amide bonds. The molecule has 0 unspecified atom stereocenters. The fourth-order valence-corrected chi connectivity index (χ4v) is 0.714. The van der Waals surface area contributed by atoms with Gasteiger partial charge in [0.15, 0.2) is 0 Å². The molecule has 4 heteroatoms. The molecule has 0 aliphatic rings. The van der Waals surface area contributed by atoms with Crippen LogP contribution in [0.5, 0.6) is 0 Å². The third-order valence-electron chi connectivity index (χ3n) is 1.25. The number of hydrogen-bond donors (Lipinski definition) is 2. The van der Waals surface area contributed by atoms with Crippen molar-refractivity contribution in [1.82, 2.24) is 0 Å². The number of hydrogen-bond acceptors (Lipinski definition) is 4. The molecule has 74 valence electrons. The Morgan fingerprint density at radius 3 is 1.64 bits per heavy atom. The van der Waals surface area contributed by atoms with Crippen LogP contribution in [0.25, 0.3) is 0 Å². The number of aryl methyl sites for hydroxylation is 1. The lowest BCUT2D eigenvalue weighted by molar-refractivity contribution is 1.14. The summed E-state index contributed by atoms with van der Waals surface area (Å²) >= 11 is 7.62. The minimum atomic E-state index is 1.14. The highest BCUT2D eigenvalue weighted by atomic mass is 32.1. The molecule has 0 radical (unpaired) electrons. The Kier molecular flexibility index (Phi) is 15.7. The molecule has 0 fully saturated rings. The Morgan fingerprint density at radius 1 is 1.07 bits per heavy atom. The molecule has 0 heterocycles. The lowest BCUT2D eigenvalue weighted by Gasteiger charge is -1.89. The molecule has 2 nitrogen and oxygen atoms in total. The van der Waals surface area contributed by atoms with Crippen molar-refractivity contribution < 1.29 is 0 Å². The van der Waals surface area contributed by atoms with Gasteiger partial charge in [-0.2, -0.15) is 0 Å². The first-order valence-corrected chi connectivity index (χ1v) is 4.70. The second-order valence-corrected chi connectivity index (χ2v) is 2.45. The van der Waals surface area contributed by atoms with Crippen LogP contribution in [0.4, 0.5) is 0 Å².